The molecule has 2 rings (SSSR count). The molecule has 20 heavy (non-hydrogen) atoms. The van der Waals surface area contributed by atoms with E-state index < -0.39 is 13.3 Å². The Kier molecular flexibility index (Phi) is 4.55. The predicted molar refractivity (Wildman–Crippen MR) is 80.7 cm³/mol. The average molecular weight is 314 g/mol. The molecule has 1 atom stereocenters. The second kappa shape index (κ2) is 5.86. The van der Waals surface area contributed by atoms with Crippen LogP contribution in [0, 0.1) is 20.8 Å². The van der Waals surface area contributed by atoms with Crippen LogP contribution in [0.1, 0.15) is 32.5 Å². The molecule has 2 aromatic heterocycles. The SMILES string of the molecule is COP(=O)(OC)C(c1ccc(C)o1)c1cc(C)c(C)s1. The zero-order valence-electron chi connectivity index (χ0n) is 12.3. The highest BCUT2D eigenvalue weighted by Crippen LogP contribution is 2.63. The average Bonchev–Trinajstić information content (AvgIpc) is 2.97. The molecule has 4 nitrogen and oxygen atoms in total. The van der Waals surface area contributed by atoms with Crippen molar-refractivity contribution in [3.63, 3.8) is 0 Å². The molecule has 110 valence electrons. The fourth-order valence-corrected chi connectivity index (χ4v) is 5.06. The number of thiophene rings is 1. The minimum Gasteiger partial charge on any atom is -0.465 e. The lowest BCUT2D eigenvalue weighted by Gasteiger charge is -2.21. The normalized spacial score (nSPS) is 13.7. The van der Waals surface area contributed by atoms with E-state index >= 15 is 0 Å². The van der Waals surface area contributed by atoms with Gasteiger partial charge in [0, 0.05) is 24.0 Å². The van der Waals surface area contributed by atoms with Gasteiger partial charge >= 0.3 is 7.60 Å². The van der Waals surface area contributed by atoms with Gasteiger partial charge in [0.1, 0.15) is 11.5 Å². The van der Waals surface area contributed by atoms with E-state index in [2.05, 4.69) is 0 Å². The summed E-state index contributed by atoms with van der Waals surface area (Å²) in [4.78, 5) is 2.12. The molecule has 0 fully saturated rings. The number of aryl methyl sites for hydroxylation is 3. The van der Waals surface area contributed by atoms with Gasteiger partial charge in [-0.1, -0.05) is 0 Å². The van der Waals surface area contributed by atoms with E-state index in [-0.39, 0.29) is 0 Å². The number of furan rings is 1. The molecule has 0 aliphatic rings. The van der Waals surface area contributed by atoms with Crippen LogP contribution in [0.2, 0.25) is 0 Å². The fraction of sp³-hybridized carbons (Fsp3) is 0.429. The van der Waals surface area contributed by atoms with Crippen LogP contribution in [-0.4, -0.2) is 14.2 Å². The van der Waals surface area contributed by atoms with Crippen molar-refractivity contribution in [3.8, 4) is 0 Å². The van der Waals surface area contributed by atoms with Crippen molar-refractivity contribution in [2.24, 2.45) is 0 Å². The summed E-state index contributed by atoms with van der Waals surface area (Å²) in [6.07, 6.45) is 0. The summed E-state index contributed by atoms with van der Waals surface area (Å²) in [5.74, 6) is 1.38. The molecular weight excluding hydrogens is 295 g/mol. The van der Waals surface area contributed by atoms with Gasteiger partial charge in [0.05, 0.1) is 0 Å². The Morgan fingerprint density at radius 1 is 1.20 bits per heavy atom. The highest BCUT2D eigenvalue weighted by Gasteiger charge is 2.40. The van der Waals surface area contributed by atoms with Gasteiger partial charge < -0.3 is 13.5 Å². The first kappa shape index (κ1) is 15.5. The van der Waals surface area contributed by atoms with Crippen molar-refractivity contribution in [3.05, 3.63) is 45.0 Å². The molecule has 1 unspecified atom stereocenters. The van der Waals surface area contributed by atoms with E-state index in [1.54, 1.807) is 11.3 Å². The van der Waals surface area contributed by atoms with E-state index in [4.69, 9.17) is 13.5 Å². The van der Waals surface area contributed by atoms with Crippen LogP contribution in [0.4, 0.5) is 0 Å². The molecule has 2 aromatic rings. The maximum absolute atomic E-state index is 12.9. The largest absolute Gasteiger partial charge is 0.465 e. The van der Waals surface area contributed by atoms with Crippen molar-refractivity contribution in [2.75, 3.05) is 14.2 Å². The smallest absolute Gasteiger partial charge is 0.345 e. The van der Waals surface area contributed by atoms with Gasteiger partial charge in [-0.2, -0.15) is 0 Å². The predicted octanol–water partition coefficient (Wildman–Crippen LogP) is 4.84. The van der Waals surface area contributed by atoms with Gasteiger partial charge in [-0.15, -0.1) is 11.3 Å². The van der Waals surface area contributed by atoms with E-state index in [1.807, 2.05) is 39.0 Å². The minimum atomic E-state index is -3.31. The Hall–Kier alpha value is -0.870. The van der Waals surface area contributed by atoms with Crippen LogP contribution < -0.4 is 0 Å². The summed E-state index contributed by atoms with van der Waals surface area (Å²) in [5, 5.41) is 0. The van der Waals surface area contributed by atoms with Gasteiger partial charge in [0.25, 0.3) is 0 Å². The van der Waals surface area contributed by atoms with Crippen LogP contribution in [0.3, 0.4) is 0 Å². The van der Waals surface area contributed by atoms with Gasteiger partial charge in [-0.25, -0.2) is 0 Å². The first-order chi connectivity index (χ1) is 9.41. The maximum atomic E-state index is 12.9. The lowest BCUT2D eigenvalue weighted by molar-refractivity contribution is 0.266. The van der Waals surface area contributed by atoms with Gasteiger partial charge in [0.15, 0.2) is 5.66 Å². The molecule has 2 heterocycles. The molecule has 0 aliphatic carbocycles. The molecule has 0 aromatic carbocycles. The first-order valence-corrected chi connectivity index (χ1v) is 8.68. The molecule has 6 heteroatoms. The Balaban J connectivity index is 2.58. The first-order valence-electron chi connectivity index (χ1n) is 6.25. The number of hydrogen-bond donors (Lipinski definition) is 0. The number of rotatable bonds is 5. The number of hydrogen-bond acceptors (Lipinski definition) is 5. The van der Waals surface area contributed by atoms with Crippen molar-refractivity contribution >= 4 is 18.9 Å². The second-order valence-electron chi connectivity index (χ2n) is 4.64. The summed E-state index contributed by atoms with van der Waals surface area (Å²) >= 11 is 1.59. The van der Waals surface area contributed by atoms with Crippen LogP contribution in [0.5, 0.6) is 0 Å². The Bertz CT molecular complexity index is 616. The summed E-state index contributed by atoms with van der Waals surface area (Å²) < 4.78 is 28.9. The van der Waals surface area contributed by atoms with Gasteiger partial charge in [-0.05, 0) is 44.5 Å². The minimum absolute atomic E-state index is 0.524. The highest BCUT2D eigenvalue weighted by atomic mass is 32.1. The lowest BCUT2D eigenvalue weighted by Crippen LogP contribution is -2.03. The molecule has 0 aliphatic heterocycles. The Morgan fingerprint density at radius 2 is 1.85 bits per heavy atom. The maximum Gasteiger partial charge on any atom is 0.345 e. The standard InChI is InChI=1S/C14H19O4PS/c1-9-8-13(20-11(9)3)14(19(15,16-4)17-5)12-7-6-10(2)18-12/h6-8,14H,1-5H3. The van der Waals surface area contributed by atoms with Crippen LogP contribution in [0.25, 0.3) is 0 Å². The zero-order chi connectivity index (χ0) is 14.9. The van der Waals surface area contributed by atoms with E-state index in [1.165, 1.54) is 19.1 Å². The summed E-state index contributed by atoms with van der Waals surface area (Å²) in [6, 6.07) is 5.70. The Labute approximate surface area is 123 Å². The third kappa shape index (κ3) is 2.77. The molecule has 0 N–H and O–H groups in total. The van der Waals surface area contributed by atoms with E-state index in [0.29, 0.717) is 5.76 Å². The summed E-state index contributed by atoms with van der Waals surface area (Å²) in [6.45, 7) is 5.93. The van der Waals surface area contributed by atoms with Gasteiger partial charge in [-0.3, -0.25) is 4.57 Å². The molecular formula is C14H19O4PS. The van der Waals surface area contributed by atoms with Crippen molar-refractivity contribution in [2.45, 2.75) is 26.4 Å². The van der Waals surface area contributed by atoms with Crippen LogP contribution >= 0.6 is 18.9 Å². The topological polar surface area (TPSA) is 48.7 Å². The molecule has 0 amide bonds. The third-order valence-electron chi connectivity index (χ3n) is 3.31. The van der Waals surface area contributed by atoms with E-state index in [9.17, 15) is 4.57 Å². The lowest BCUT2D eigenvalue weighted by atomic mass is 10.2. The second-order valence-corrected chi connectivity index (χ2v) is 8.26. The monoisotopic (exact) mass is 314 g/mol. The molecule has 0 saturated heterocycles. The van der Waals surface area contributed by atoms with E-state index in [0.717, 1.165) is 16.2 Å². The molecule has 0 saturated carbocycles. The summed E-state index contributed by atoms with van der Waals surface area (Å²) in [5.41, 5.74) is 0.639. The Morgan fingerprint density at radius 3 is 2.25 bits per heavy atom. The zero-order valence-corrected chi connectivity index (χ0v) is 14.0. The fourth-order valence-electron chi connectivity index (χ4n) is 2.07. The van der Waals surface area contributed by atoms with Crippen LogP contribution in [0.15, 0.2) is 22.6 Å². The van der Waals surface area contributed by atoms with Gasteiger partial charge in [0.2, 0.25) is 0 Å². The quantitative estimate of drug-likeness (QED) is 0.741. The summed E-state index contributed by atoms with van der Waals surface area (Å²) in [7, 11) is -0.505. The molecule has 0 bridgehead atoms. The molecule has 0 spiro atoms. The third-order valence-corrected chi connectivity index (χ3v) is 6.89. The molecule has 0 radical (unpaired) electrons. The van der Waals surface area contributed by atoms with Crippen LogP contribution in [-0.2, 0) is 13.6 Å². The van der Waals surface area contributed by atoms with Crippen molar-refractivity contribution in [1.29, 1.82) is 0 Å². The van der Waals surface area contributed by atoms with Crippen molar-refractivity contribution in [1.82, 2.24) is 0 Å². The van der Waals surface area contributed by atoms with Crippen molar-refractivity contribution < 1.29 is 18.0 Å². The highest BCUT2D eigenvalue weighted by molar-refractivity contribution is 7.54.